The second-order valence-electron chi connectivity index (χ2n) is 5.37. The van der Waals surface area contributed by atoms with Crippen LogP contribution in [0.1, 0.15) is 40.5 Å². The Balaban J connectivity index is 2.57. The van der Waals surface area contributed by atoms with Gasteiger partial charge in [0.1, 0.15) is 0 Å². The first-order valence-corrected chi connectivity index (χ1v) is 5.84. The third-order valence-corrected chi connectivity index (χ3v) is 3.13. The van der Waals surface area contributed by atoms with Gasteiger partial charge in [0.15, 0.2) is 0 Å². The highest BCUT2D eigenvalue weighted by Crippen LogP contribution is 2.29. The minimum atomic E-state index is -0.119. The number of hydrogen-bond donors (Lipinski definition) is 1. The molecule has 3 nitrogen and oxygen atoms in total. The molecular formula is C12H25NO2. The van der Waals surface area contributed by atoms with E-state index >= 15 is 0 Å². The smallest absolute Gasteiger partial charge is 0.0809 e. The first-order chi connectivity index (χ1) is 6.91. The molecule has 2 unspecified atom stereocenters. The molecule has 0 bridgehead atoms. The van der Waals surface area contributed by atoms with Crippen molar-refractivity contribution in [2.75, 3.05) is 20.2 Å². The standard InChI is InChI=1S/C12H25NO2/c1-6-10-7-13-9-12(4,15-10)8-11(2,3)14-5/h10,13H,6-9H2,1-5H3. The second-order valence-corrected chi connectivity index (χ2v) is 5.37. The summed E-state index contributed by atoms with van der Waals surface area (Å²) in [6.45, 7) is 10.4. The summed E-state index contributed by atoms with van der Waals surface area (Å²) in [5.74, 6) is 0. The van der Waals surface area contributed by atoms with Crippen molar-refractivity contribution in [3.63, 3.8) is 0 Å². The van der Waals surface area contributed by atoms with Crippen molar-refractivity contribution in [3.05, 3.63) is 0 Å². The van der Waals surface area contributed by atoms with Gasteiger partial charge in [0, 0.05) is 26.6 Å². The van der Waals surface area contributed by atoms with E-state index in [2.05, 4.69) is 33.0 Å². The zero-order valence-electron chi connectivity index (χ0n) is 10.7. The van der Waals surface area contributed by atoms with Crippen molar-refractivity contribution >= 4 is 0 Å². The van der Waals surface area contributed by atoms with E-state index < -0.39 is 0 Å². The third-order valence-electron chi connectivity index (χ3n) is 3.13. The fraction of sp³-hybridized carbons (Fsp3) is 1.00. The Labute approximate surface area is 93.5 Å². The van der Waals surface area contributed by atoms with Crippen molar-refractivity contribution < 1.29 is 9.47 Å². The molecule has 1 aliphatic rings. The maximum absolute atomic E-state index is 6.12. The lowest BCUT2D eigenvalue weighted by Crippen LogP contribution is -2.54. The Bertz CT molecular complexity index is 206. The van der Waals surface area contributed by atoms with Gasteiger partial charge in [-0.25, -0.2) is 0 Å². The maximum atomic E-state index is 6.12. The van der Waals surface area contributed by atoms with Gasteiger partial charge >= 0.3 is 0 Å². The predicted molar refractivity (Wildman–Crippen MR) is 62.1 cm³/mol. The third kappa shape index (κ3) is 3.74. The van der Waals surface area contributed by atoms with Crippen LogP contribution in [0.4, 0.5) is 0 Å². The van der Waals surface area contributed by atoms with Crippen LogP contribution in [-0.2, 0) is 9.47 Å². The van der Waals surface area contributed by atoms with Crippen LogP contribution < -0.4 is 5.32 Å². The van der Waals surface area contributed by atoms with Gasteiger partial charge in [-0.3, -0.25) is 0 Å². The van der Waals surface area contributed by atoms with Crippen molar-refractivity contribution in [1.82, 2.24) is 5.32 Å². The van der Waals surface area contributed by atoms with Gasteiger partial charge in [-0.05, 0) is 27.2 Å². The molecule has 90 valence electrons. The maximum Gasteiger partial charge on any atom is 0.0809 e. The molecule has 15 heavy (non-hydrogen) atoms. The molecule has 1 fully saturated rings. The average molecular weight is 215 g/mol. The Hall–Kier alpha value is -0.120. The summed E-state index contributed by atoms with van der Waals surface area (Å²) in [5, 5.41) is 3.44. The predicted octanol–water partition coefficient (Wildman–Crippen LogP) is 1.96. The van der Waals surface area contributed by atoms with Crippen LogP contribution in [-0.4, -0.2) is 37.5 Å². The lowest BCUT2D eigenvalue weighted by atomic mass is 9.89. The minimum absolute atomic E-state index is 0.0988. The Kier molecular flexibility index (Phi) is 4.15. The summed E-state index contributed by atoms with van der Waals surface area (Å²) in [4.78, 5) is 0. The highest BCUT2D eigenvalue weighted by molar-refractivity contribution is 4.90. The SMILES string of the molecule is CCC1CNCC(C)(CC(C)(C)OC)O1. The molecule has 3 heteroatoms. The van der Waals surface area contributed by atoms with Crippen molar-refractivity contribution in [1.29, 1.82) is 0 Å². The number of hydrogen-bond acceptors (Lipinski definition) is 3. The van der Waals surface area contributed by atoms with Crippen LogP contribution in [0.15, 0.2) is 0 Å². The highest BCUT2D eigenvalue weighted by Gasteiger charge is 2.37. The summed E-state index contributed by atoms with van der Waals surface area (Å²) >= 11 is 0. The molecule has 0 aromatic carbocycles. The quantitative estimate of drug-likeness (QED) is 0.777. The van der Waals surface area contributed by atoms with E-state index in [0.29, 0.717) is 6.10 Å². The van der Waals surface area contributed by atoms with Crippen LogP contribution in [0.5, 0.6) is 0 Å². The van der Waals surface area contributed by atoms with E-state index in [0.717, 1.165) is 25.9 Å². The number of ether oxygens (including phenoxy) is 2. The first kappa shape index (κ1) is 12.9. The normalized spacial score (nSPS) is 33.0. The molecular weight excluding hydrogens is 190 g/mol. The van der Waals surface area contributed by atoms with Gasteiger partial charge < -0.3 is 14.8 Å². The Morgan fingerprint density at radius 3 is 2.73 bits per heavy atom. The molecule has 0 saturated carbocycles. The second kappa shape index (κ2) is 4.81. The van der Waals surface area contributed by atoms with Crippen LogP contribution in [0.2, 0.25) is 0 Å². The van der Waals surface area contributed by atoms with Gasteiger partial charge in [0.2, 0.25) is 0 Å². The molecule has 1 saturated heterocycles. The van der Waals surface area contributed by atoms with E-state index in [9.17, 15) is 0 Å². The van der Waals surface area contributed by atoms with Crippen molar-refractivity contribution in [2.24, 2.45) is 0 Å². The van der Waals surface area contributed by atoms with Gasteiger partial charge in [-0.1, -0.05) is 6.92 Å². The molecule has 1 heterocycles. The molecule has 0 amide bonds. The Morgan fingerprint density at radius 1 is 1.53 bits per heavy atom. The summed E-state index contributed by atoms with van der Waals surface area (Å²) in [7, 11) is 1.76. The van der Waals surface area contributed by atoms with E-state index in [1.165, 1.54) is 0 Å². The van der Waals surface area contributed by atoms with Crippen molar-refractivity contribution in [2.45, 2.75) is 57.8 Å². The number of nitrogens with one attached hydrogen (secondary N) is 1. The number of rotatable bonds is 4. The van der Waals surface area contributed by atoms with Gasteiger partial charge in [-0.2, -0.15) is 0 Å². The van der Waals surface area contributed by atoms with Gasteiger partial charge in [0.05, 0.1) is 17.3 Å². The lowest BCUT2D eigenvalue weighted by molar-refractivity contribution is -0.143. The minimum Gasteiger partial charge on any atom is -0.379 e. The first-order valence-electron chi connectivity index (χ1n) is 5.84. The largest absolute Gasteiger partial charge is 0.379 e. The summed E-state index contributed by atoms with van der Waals surface area (Å²) in [6, 6.07) is 0. The van der Waals surface area contributed by atoms with Crippen molar-refractivity contribution in [3.8, 4) is 0 Å². The van der Waals surface area contributed by atoms with E-state index in [4.69, 9.17) is 9.47 Å². The topological polar surface area (TPSA) is 30.5 Å². The molecule has 0 spiro atoms. The zero-order chi connectivity index (χ0) is 11.5. The average Bonchev–Trinajstić information content (AvgIpc) is 2.16. The Morgan fingerprint density at radius 2 is 2.20 bits per heavy atom. The van der Waals surface area contributed by atoms with Gasteiger partial charge in [0.25, 0.3) is 0 Å². The summed E-state index contributed by atoms with van der Waals surface area (Å²) in [6.07, 6.45) is 2.33. The van der Waals surface area contributed by atoms with Gasteiger partial charge in [-0.15, -0.1) is 0 Å². The fourth-order valence-electron chi connectivity index (χ4n) is 2.29. The molecule has 0 aliphatic carbocycles. The summed E-state index contributed by atoms with van der Waals surface area (Å²) < 4.78 is 11.6. The molecule has 1 rings (SSSR count). The lowest BCUT2D eigenvalue weighted by Gasteiger charge is -2.42. The van der Waals surface area contributed by atoms with E-state index in [-0.39, 0.29) is 11.2 Å². The monoisotopic (exact) mass is 215 g/mol. The zero-order valence-corrected chi connectivity index (χ0v) is 10.7. The number of methoxy groups -OCH3 is 1. The fourth-order valence-corrected chi connectivity index (χ4v) is 2.29. The van der Waals surface area contributed by atoms with Crippen LogP contribution in [0.25, 0.3) is 0 Å². The van der Waals surface area contributed by atoms with E-state index in [1.807, 2.05) is 0 Å². The molecule has 0 aromatic rings. The van der Waals surface area contributed by atoms with E-state index in [1.54, 1.807) is 7.11 Å². The molecule has 0 aromatic heterocycles. The molecule has 2 atom stereocenters. The molecule has 1 aliphatic heterocycles. The highest BCUT2D eigenvalue weighted by atomic mass is 16.5. The van der Waals surface area contributed by atoms with Crippen LogP contribution in [0, 0.1) is 0 Å². The van der Waals surface area contributed by atoms with Crippen LogP contribution >= 0.6 is 0 Å². The number of morpholine rings is 1. The van der Waals surface area contributed by atoms with Crippen LogP contribution in [0.3, 0.4) is 0 Å². The molecule has 1 N–H and O–H groups in total. The summed E-state index contributed by atoms with van der Waals surface area (Å²) in [5.41, 5.74) is -0.218. The molecule has 0 radical (unpaired) electrons.